The molecule has 0 bridgehead atoms. The number of hydrogen-bond acceptors (Lipinski definition) is 3. The van der Waals surface area contributed by atoms with Gasteiger partial charge in [0.2, 0.25) is 0 Å². The van der Waals surface area contributed by atoms with Crippen molar-refractivity contribution in [3.63, 3.8) is 0 Å². The van der Waals surface area contributed by atoms with Crippen LogP contribution in [0, 0.1) is 5.41 Å². The second kappa shape index (κ2) is 3.34. The maximum atomic E-state index is 10.2. The van der Waals surface area contributed by atoms with Gasteiger partial charge in [-0.15, -0.1) is 0 Å². The molecule has 0 unspecified atom stereocenters. The summed E-state index contributed by atoms with van der Waals surface area (Å²) in [6.07, 6.45) is 3.92. The smallest absolute Gasteiger partial charge is 0.179 e. The van der Waals surface area contributed by atoms with Crippen molar-refractivity contribution in [2.24, 2.45) is 5.41 Å². The van der Waals surface area contributed by atoms with Crippen LogP contribution in [0.4, 0.5) is 0 Å². The minimum atomic E-state index is -0.689. The molecular formula is C14H15ClO3. The van der Waals surface area contributed by atoms with E-state index in [1.165, 1.54) is 0 Å². The van der Waals surface area contributed by atoms with Crippen molar-refractivity contribution in [2.45, 2.75) is 31.3 Å². The minimum absolute atomic E-state index is 0.207. The van der Waals surface area contributed by atoms with Gasteiger partial charge in [0.05, 0.1) is 23.8 Å². The first-order valence-corrected chi connectivity index (χ1v) is 6.80. The lowest BCUT2D eigenvalue weighted by Crippen LogP contribution is -2.17. The fraction of sp³-hybridized carbons (Fsp3) is 0.571. The van der Waals surface area contributed by atoms with Gasteiger partial charge in [0, 0.05) is 5.41 Å². The maximum Gasteiger partial charge on any atom is 0.179 e. The van der Waals surface area contributed by atoms with Crippen LogP contribution in [0.15, 0.2) is 12.1 Å². The Morgan fingerprint density at radius 2 is 1.78 bits per heavy atom. The van der Waals surface area contributed by atoms with Crippen LogP contribution >= 0.6 is 11.6 Å². The van der Waals surface area contributed by atoms with Crippen molar-refractivity contribution in [3.8, 4) is 11.5 Å². The normalized spacial score (nSPS) is 25.7. The molecule has 18 heavy (non-hydrogen) atoms. The van der Waals surface area contributed by atoms with Crippen molar-refractivity contribution in [1.29, 1.82) is 0 Å². The molecule has 2 saturated carbocycles. The third kappa shape index (κ3) is 1.61. The molecule has 2 fully saturated rings. The Hall–Kier alpha value is -0.930. The van der Waals surface area contributed by atoms with E-state index in [0.717, 1.165) is 31.2 Å². The van der Waals surface area contributed by atoms with Crippen molar-refractivity contribution in [3.05, 3.63) is 22.7 Å². The zero-order valence-corrected chi connectivity index (χ0v) is 10.8. The summed E-state index contributed by atoms with van der Waals surface area (Å²) >= 11 is 6.25. The summed E-state index contributed by atoms with van der Waals surface area (Å²) < 4.78 is 11.7. The predicted octanol–water partition coefficient (Wildman–Crippen LogP) is 2.87. The fourth-order valence-electron chi connectivity index (χ4n) is 2.45. The Morgan fingerprint density at radius 1 is 1.06 bits per heavy atom. The molecule has 1 aliphatic heterocycles. The van der Waals surface area contributed by atoms with Crippen molar-refractivity contribution >= 4 is 11.6 Å². The fourth-order valence-corrected chi connectivity index (χ4v) is 2.72. The number of benzene rings is 1. The summed E-state index contributed by atoms with van der Waals surface area (Å²) in [6.45, 7) is 1.38. The summed E-state index contributed by atoms with van der Waals surface area (Å²) in [7, 11) is 0. The molecule has 4 heteroatoms. The van der Waals surface area contributed by atoms with Gasteiger partial charge in [-0.3, -0.25) is 0 Å². The van der Waals surface area contributed by atoms with Gasteiger partial charge in [0.15, 0.2) is 11.5 Å². The van der Waals surface area contributed by atoms with Crippen LogP contribution in [0.25, 0.3) is 0 Å². The lowest BCUT2D eigenvalue weighted by atomic mass is 10.1. The highest BCUT2D eigenvalue weighted by atomic mass is 35.5. The molecule has 2 aliphatic carbocycles. The Bertz CT molecular complexity index is 518. The van der Waals surface area contributed by atoms with Crippen LogP contribution in [0.5, 0.6) is 11.5 Å². The summed E-state index contributed by atoms with van der Waals surface area (Å²) in [4.78, 5) is 0. The minimum Gasteiger partial charge on any atom is -0.489 e. The van der Waals surface area contributed by atoms with Gasteiger partial charge in [-0.2, -0.15) is 0 Å². The second-order valence-electron chi connectivity index (χ2n) is 5.89. The third-order valence-corrected chi connectivity index (χ3v) is 4.56. The number of aliphatic hydroxyl groups is 1. The van der Waals surface area contributed by atoms with E-state index in [2.05, 4.69) is 0 Å². The topological polar surface area (TPSA) is 38.7 Å². The molecule has 1 spiro atoms. The van der Waals surface area contributed by atoms with E-state index in [-0.39, 0.29) is 5.41 Å². The molecule has 0 amide bonds. The monoisotopic (exact) mass is 266 g/mol. The van der Waals surface area contributed by atoms with E-state index < -0.39 is 5.60 Å². The summed E-state index contributed by atoms with van der Waals surface area (Å²) in [5, 5.41) is 10.7. The standard InChI is InChI=1S/C14H15ClO3/c15-10-5-9(14(16)3-4-14)6-11-12(10)18-8-13(1-2-13)7-17-11/h5-6,16H,1-4,7-8H2. The Balaban J connectivity index is 1.73. The van der Waals surface area contributed by atoms with Gasteiger partial charge in [-0.05, 0) is 43.4 Å². The van der Waals surface area contributed by atoms with Gasteiger partial charge in [0.25, 0.3) is 0 Å². The molecule has 1 heterocycles. The Morgan fingerprint density at radius 3 is 2.44 bits per heavy atom. The van der Waals surface area contributed by atoms with Gasteiger partial charge in [-0.25, -0.2) is 0 Å². The maximum absolute atomic E-state index is 10.2. The highest BCUT2D eigenvalue weighted by Gasteiger charge is 2.47. The summed E-state index contributed by atoms with van der Waals surface area (Å²) in [5.74, 6) is 1.31. The Labute approximate surface area is 111 Å². The lowest BCUT2D eigenvalue weighted by Gasteiger charge is -2.14. The van der Waals surface area contributed by atoms with Crippen LogP contribution < -0.4 is 9.47 Å². The van der Waals surface area contributed by atoms with Gasteiger partial charge in [0.1, 0.15) is 0 Å². The highest BCUT2D eigenvalue weighted by molar-refractivity contribution is 6.32. The quantitative estimate of drug-likeness (QED) is 0.849. The number of ether oxygens (including phenoxy) is 2. The molecule has 3 aliphatic rings. The highest BCUT2D eigenvalue weighted by Crippen LogP contribution is 2.53. The third-order valence-electron chi connectivity index (χ3n) is 4.28. The van der Waals surface area contributed by atoms with E-state index in [9.17, 15) is 5.11 Å². The average Bonchev–Trinajstić information content (AvgIpc) is 3.23. The first-order valence-electron chi connectivity index (χ1n) is 6.42. The lowest BCUT2D eigenvalue weighted by molar-refractivity contribution is 0.151. The zero-order valence-electron chi connectivity index (χ0n) is 10.0. The van der Waals surface area contributed by atoms with Gasteiger partial charge in [-0.1, -0.05) is 11.6 Å². The van der Waals surface area contributed by atoms with Gasteiger partial charge < -0.3 is 14.6 Å². The number of hydrogen-bond donors (Lipinski definition) is 1. The molecule has 1 aromatic rings. The first-order chi connectivity index (χ1) is 8.60. The molecule has 1 N–H and O–H groups in total. The van der Waals surface area contributed by atoms with E-state index in [1.807, 2.05) is 12.1 Å². The zero-order chi connectivity index (χ0) is 12.4. The number of fused-ring (bicyclic) bond motifs is 1. The SMILES string of the molecule is OC1(c2cc(Cl)c3c(c2)OCC2(CC2)CO3)CC1. The van der Waals surface area contributed by atoms with Crippen LogP contribution in [-0.4, -0.2) is 18.3 Å². The van der Waals surface area contributed by atoms with E-state index in [4.69, 9.17) is 21.1 Å². The van der Waals surface area contributed by atoms with E-state index in [0.29, 0.717) is 29.7 Å². The van der Waals surface area contributed by atoms with Crippen molar-refractivity contribution in [2.75, 3.05) is 13.2 Å². The van der Waals surface area contributed by atoms with Crippen LogP contribution in [0.1, 0.15) is 31.2 Å². The van der Waals surface area contributed by atoms with Gasteiger partial charge >= 0.3 is 0 Å². The molecule has 0 aromatic heterocycles. The predicted molar refractivity (Wildman–Crippen MR) is 67.2 cm³/mol. The van der Waals surface area contributed by atoms with Crippen LogP contribution in [-0.2, 0) is 5.60 Å². The second-order valence-corrected chi connectivity index (χ2v) is 6.30. The molecule has 0 radical (unpaired) electrons. The molecule has 3 nitrogen and oxygen atoms in total. The molecule has 0 atom stereocenters. The number of halogens is 1. The van der Waals surface area contributed by atoms with E-state index in [1.54, 1.807) is 0 Å². The summed E-state index contributed by atoms with van der Waals surface area (Å²) in [6, 6.07) is 3.69. The Kier molecular flexibility index (Phi) is 2.03. The van der Waals surface area contributed by atoms with Crippen LogP contribution in [0.3, 0.4) is 0 Å². The van der Waals surface area contributed by atoms with Crippen molar-refractivity contribution in [1.82, 2.24) is 0 Å². The largest absolute Gasteiger partial charge is 0.489 e. The average molecular weight is 267 g/mol. The van der Waals surface area contributed by atoms with Crippen LogP contribution in [0.2, 0.25) is 5.02 Å². The molecule has 1 aromatic carbocycles. The molecule has 96 valence electrons. The van der Waals surface area contributed by atoms with Crippen molar-refractivity contribution < 1.29 is 14.6 Å². The molecule has 4 rings (SSSR count). The molecular weight excluding hydrogens is 252 g/mol. The van der Waals surface area contributed by atoms with E-state index >= 15 is 0 Å². The summed E-state index contributed by atoms with van der Waals surface area (Å²) in [5.41, 5.74) is 0.367. The molecule has 0 saturated heterocycles. The number of rotatable bonds is 1. The first kappa shape index (κ1) is 10.9.